The number of rotatable bonds is 3. The zero-order valence-electron chi connectivity index (χ0n) is 13.6. The highest BCUT2D eigenvalue weighted by atomic mass is 32.1. The van der Waals surface area contributed by atoms with Crippen molar-refractivity contribution >= 4 is 32.5 Å². The van der Waals surface area contributed by atoms with Crippen LogP contribution in [0.25, 0.3) is 32.6 Å². The molecule has 0 unspecified atom stereocenters. The van der Waals surface area contributed by atoms with Gasteiger partial charge in [0.05, 0.1) is 11.3 Å². The van der Waals surface area contributed by atoms with Crippen LogP contribution < -0.4 is 11.5 Å². The second kappa shape index (κ2) is 6.24. The lowest BCUT2D eigenvalue weighted by molar-refractivity contribution is 0.100. The molecule has 0 saturated heterocycles. The Hall–Kier alpha value is -3.25. The van der Waals surface area contributed by atoms with Crippen LogP contribution >= 0.6 is 11.3 Å². The van der Waals surface area contributed by atoms with Crippen LogP contribution in [0.5, 0.6) is 0 Å². The molecule has 4 aromatic rings. The highest BCUT2D eigenvalue weighted by Crippen LogP contribution is 2.40. The average molecular weight is 363 g/mol. The molecule has 2 aromatic heterocycles. The number of anilines is 1. The van der Waals surface area contributed by atoms with Gasteiger partial charge in [0, 0.05) is 10.9 Å². The number of benzene rings is 2. The van der Waals surface area contributed by atoms with Gasteiger partial charge in [-0.1, -0.05) is 41.7 Å². The monoisotopic (exact) mass is 363 g/mol. The summed E-state index contributed by atoms with van der Waals surface area (Å²) in [6.45, 7) is 0. The summed E-state index contributed by atoms with van der Waals surface area (Å²) in [6, 6.07) is 17.6. The molecule has 0 saturated carbocycles. The number of hydrogen-bond acceptors (Lipinski definition) is 4. The highest BCUT2D eigenvalue weighted by Gasteiger charge is 2.21. The fourth-order valence-electron chi connectivity index (χ4n) is 2.97. The predicted octanol–water partition coefficient (Wildman–Crippen LogP) is 4.45. The average Bonchev–Trinajstić information content (AvgIpc) is 2.98. The number of fused-ring (bicyclic) bond motifs is 1. The van der Waals surface area contributed by atoms with Gasteiger partial charge in [-0.05, 0) is 41.5 Å². The maximum absolute atomic E-state index is 13.3. The molecule has 0 spiro atoms. The molecule has 4 rings (SSSR count). The van der Waals surface area contributed by atoms with Crippen LogP contribution in [-0.4, -0.2) is 10.9 Å². The quantitative estimate of drug-likeness (QED) is 0.564. The number of aromatic nitrogens is 1. The van der Waals surface area contributed by atoms with Crippen molar-refractivity contribution in [2.75, 3.05) is 5.73 Å². The molecule has 0 radical (unpaired) electrons. The molecule has 0 bridgehead atoms. The Morgan fingerprint density at radius 2 is 1.69 bits per heavy atom. The van der Waals surface area contributed by atoms with Crippen molar-refractivity contribution in [1.82, 2.24) is 4.98 Å². The Balaban J connectivity index is 2.06. The Labute approximate surface area is 152 Å². The summed E-state index contributed by atoms with van der Waals surface area (Å²) in [5, 5.41) is 0.991. The molecule has 0 atom stereocenters. The zero-order valence-corrected chi connectivity index (χ0v) is 14.4. The van der Waals surface area contributed by atoms with E-state index in [1.54, 1.807) is 12.1 Å². The molecule has 1 amide bonds. The molecule has 128 valence electrons. The van der Waals surface area contributed by atoms with Gasteiger partial charge in [-0.15, -0.1) is 0 Å². The summed E-state index contributed by atoms with van der Waals surface area (Å²) < 4.78 is 13.3. The van der Waals surface area contributed by atoms with Gasteiger partial charge in [0.15, 0.2) is 0 Å². The first-order valence-corrected chi connectivity index (χ1v) is 8.70. The summed E-state index contributed by atoms with van der Waals surface area (Å²) in [7, 11) is 0. The molecule has 0 aliphatic rings. The standard InChI is InChI=1S/C20H14FN3OS/c21-13-8-6-12(7-9-13)15-10-14(11-4-2-1-3-5-11)16-17(18(22)25)19(23)26-20(16)24-15/h1-10H,23H2,(H2,22,25). The van der Waals surface area contributed by atoms with E-state index in [1.807, 2.05) is 36.4 Å². The van der Waals surface area contributed by atoms with E-state index in [9.17, 15) is 9.18 Å². The van der Waals surface area contributed by atoms with E-state index in [0.29, 0.717) is 26.5 Å². The summed E-state index contributed by atoms with van der Waals surface area (Å²) >= 11 is 1.22. The SMILES string of the molecule is NC(=O)c1c(N)sc2nc(-c3ccc(F)cc3)cc(-c3ccccc3)c12. The summed E-state index contributed by atoms with van der Waals surface area (Å²) in [4.78, 5) is 17.2. The van der Waals surface area contributed by atoms with Crippen molar-refractivity contribution in [3.8, 4) is 22.4 Å². The molecule has 0 aliphatic carbocycles. The molecule has 6 heteroatoms. The van der Waals surface area contributed by atoms with Crippen LogP contribution in [-0.2, 0) is 0 Å². The normalized spacial score (nSPS) is 11.0. The Bertz CT molecular complexity index is 1120. The van der Waals surface area contributed by atoms with E-state index in [1.165, 1.54) is 23.5 Å². The Kier molecular flexibility index (Phi) is 3.89. The topological polar surface area (TPSA) is 82.0 Å². The van der Waals surface area contributed by atoms with Crippen molar-refractivity contribution in [3.05, 3.63) is 72.0 Å². The lowest BCUT2D eigenvalue weighted by atomic mass is 9.98. The van der Waals surface area contributed by atoms with E-state index < -0.39 is 5.91 Å². The minimum absolute atomic E-state index is 0.294. The smallest absolute Gasteiger partial charge is 0.252 e. The third kappa shape index (κ3) is 2.70. The number of nitrogens with zero attached hydrogens (tertiary/aromatic N) is 1. The first-order valence-electron chi connectivity index (χ1n) is 7.89. The van der Waals surface area contributed by atoms with Crippen molar-refractivity contribution in [2.24, 2.45) is 5.73 Å². The number of carbonyl (C=O) groups excluding carboxylic acids is 1. The Morgan fingerprint density at radius 3 is 2.35 bits per heavy atom. The number of carbonyl (C=O) groups is 1. The number of pyridine rings is 1. The van der Waals surface area contributed by atoms with Gasteiger partial charge in [-0.3, -0.25) is 4.79 Å². The second-order valence-corrected chi connectivity index (χ2v) is 6.84. The molecule has 0 aliphatic heterocycles. The van der Waals surface area contributed by atoms with E-state index >= 15 is 0 Å². The maximum atomic E-state index is 13.3. The van der Waals surface area contributed by atoms with Crippen LogP contribution in [0, 0.1) is 5.82 Å². The minimum Gasteiger partial charge on any atom is -0.390 e. The van der Waals surface area contributed by atoms with Crippen LogP contribution in [0.2, 0.25) is 0 Å². The van der Waals surface area contributed by atoms with Crippen LogP contribution in [0.3, 0.4) is 0 Å². The fourth-order valence-corrected chi connectivity index (χ4v) is 3.95. The molecule has 26 heavy (non-hydrogen) atoms. The number of hydrogen-bond donors (Lipinski definition) is 2. The van der Waals surface area contributed by atoms with Crippen molar-refractivity contribution in [2.45, 2.75) is 0 Å². The van der Waals surface area contributed by atoms with Crippen LogP contribution in [0.1, 0.15) is 10.4 Å². The van der Waals surface area contributed by atoms with Gasteiger partial charge in [-0.2, -0.15) is 0 Å². The number of halogens is 1. The number of nitrogen functional groups attached to an aromatic ring is 1. The van der Waals surface area contributed by atoms with Gasteiger partial charge in [0.2, 0.25) is 0 Å². The van der Waals surface area contributed by atoms with E-state index in [-0.39, 0.29) is 5.82 Å². The van der Waals surface area contributed by atoms with Gasteiger partial charge in [0.25, 0.3) is 5.91 Å². The molecule has 2 heterocycles. The van der Waals surface area contributed by atoms with Gasteiger partial charge in [-0.25, -0.2) is 9.37 Å². The van der Waals surface area contributed by atoms with Crippen molar-refractivity contribution < 1.29 is 9.18 Å². The molecular formula is C20H14FN3OS. The van der Waals surface area contributed by atoms with Crippen molar-refractivity contribution in [1.29, 1.82) is 0 Å². The largest absolute Gasteiger partial charge is 0.390 e. The van der Waals surface area contributed by atoms with Gasteiger partial charge in [0.1, 0.15) is 15.6 Å². The number of thiophene rings is 1. The first-order chi connectivity index (χ1) is 12.5. The summed E-state index contributed by atoms with van der Waals surface area (Å²) in [5.41, 5.74) is 15.1. The van der Waals surface area contributed by atoms with Crippen LogP contribution in [0.4, 0.5) is 9.39 Å². The van der Waals surface area contributed by atoms with E-state index in [4.69, 9.17) is 11.5 Å². The maximum Gasteiger partial charge on any atom is 0.252 e. The van der Waals surface area contributed by atoms with Gasteiger partial charge >= 0.3 is 0 Å². The van der Waals surface area contributed by atoms with E-state index in [0.717, 1.165) is 16.7 Å². The number of primary amides is 1. The van der Waals surface area contributed by atoms with Crippen molar-refractivity contribution in [3.63, 3.8) is 0 Å². The fraction of sp³-hybridized carbons (Fsp3) is 0. The molecule has 4 N–H and O–H groups in total. The number of amides is 1. The third-order valence-corrected chi connectivity index (χ3v) is 5.07. The summed E-state index contributed by atoms with van der Waals surface area (Å²) in [6.07, 6.45) is 0. The summed E-state index contributed by atoms with van der Waals surface area (Å²) in [5.74, 6) is -0.892. The molecule has 2 aromatic carbocycles. The zero-order chi connectivity index (χ0) is 18.3. The van der Waals surface area contributed by atoms with Gasteiger partial charge < -0.3 is 11.5 Å². The van der Waals surface area contributed by atoms with E-state index in [2.05, 4.69) is 4.98 Å². The first kappa shape index (κ1) is 16.2. The molecular weight excluding hydrogens is 349 g/mol. The second-order valence-electron chi connectivity index (χ2n) is 5.81. The third-order valence-electron chi connectivity index (χ3n) is 4.16. The van der Waals surface area contributed by atoms with Crippen LogP contribution in [0.15, 0.2) is 60.7 Å². The predicted molar refractivity (Wildman–Crippen MR) is 103 cm³/mol. The molecule has 4 nitrogen and oxygen atoms in total. The lowest BCUT2D eigenvalue weighted by Gasteiger charge is -2.09. The molecule has 0 fully saturated rings. The number of nitrogens with two attached hydrogens (primary N) is 2. The highest BCUT2D eigenvalue weighted by molar-refractivity contribution is 7.22. The Morgan fingerprint density at radius 1 is 1.00 bits per heavy atom. The minimum atomic E-state index is -0.581. The lowest BCUT2D eigenvalue weighted by Crippen LogP contribution is -2.12.